The lowest BCUT2D eigenvalue weighted by Crippen LogP contribution is -2.47. The van der Waals surface area contributed by atoms with E-state index in [0.717, 1.165) is 39.1 Å². The topological polar surface area (TPSA) is 64.7 Å². The number of rotatable bonds is 8. The number of nitrogens with one attached hydrogen (secondary N) is 2. The van der Waals surface area contributed by atoms with Crippen LogP contribution >= 0.6 is 11.3 Å². The number of anilines is 1. The predicted molar refractivity (Wildman–Crippen MR) is 119 cm³/mol. The van der Waals surface area contributed by atoms with Crippen molar-refractivity contribution >= 4 is 28.8 Å². The first-order valence-electron chi connectivity index (χ1n) is 10.2. The van der Waals surface area contributed by atoms with Crippen LogP contribution in [0.4, 0.5) is 5.69 Å². The van der Waals surface area contributed by atoms with Crippen LogP contribution in [0, 0.1) is 6.92 Å². The zero-order valence-electron chi connectivity index (χ0n) is 17.2. The zero-order chi connectivity index (χ0) is 20.6. The van der Waals surface area contributed by atoms with Crippen molar-refractivity contribution in [2.24, 2.45) is 0 Å². The molecule has 1 aromatic heterocycles. The maximum atomic E-state index is 12.2. The minimum absolute atomic E-state index is 0.140. The molecule has 0 aliphatic carbocycles. The lowest BCUT2D eigenvalue weighted by Gasteiger charge is -2.36. The number of benzene rings is 1. The van der Waals surface area contributed by atoms with Gasteiger partial charge >= 0.3 is 0 Å². The van der Waals surface area contributed by atoms with Crippen LogP contribution in [0.3, 0.4) is 0 Å². The fourth-order valence-electron chi connectivity index (χ4n) is 3.46. The molecular weight excluding hydrogens is 384 g/mol. The molecule has 0 saturated carbocycles. The monoisotopic (exact) mass is 414 g/mol. The van der Waals surface area contributed by atoms with Gasteiger partial charge < -0.3 is 15.5 Å². The summed E-state index contributed by atoms with van der Waals surface area (Å²) >= 11 is 1.37. The van der Waals surface area contributed by atoms with Gasteiger partial charge in [-0.3, -0.25) is 14.5 Å². The van der Waals surface area contributed by atoms with Crippen LogP contribution < -0.4 is 15.5 Å². The summed E-state index contributed by atoms with van der Waals surface area (Å²) in [6, 6.07) is 11.7. The second kappa shape index (κ2) is 10.4. The van der Waals surface area contributed by atoms with Crippen LogP contribution in [0.2, 0.25) is 0 Å². The van der Waals surface area contributed by atoms with E-state index in [2.05, 4.69) is 51.6 Å². The van der Waals surface area contributed by atoms with E-state index < -0.39 is 6.04 Å². The Morgan fingerprint density at radius 1 is 1.14 bits per heavy atom. The molecule has 1 aromatic carbocycles. The lowest BCUT2D eigenvalue weighted by atomic mass is 10.2. The van der Waals surface area contributed by atoms with E-state index in [4.69, 9.17) is 0 Å². The summed E-state index contributed by atoms with van der Waals surface area (Å²) in [7, 11) is 0. The highest BCUT2D eigenvalue weighted by Gasteiger charge is 2.18. The van der Waals surface area contributed by atoms with Crippen LogP contribution in [0.15, 0.2) is 41.8 Å². The molecule has 2 amide bonds. The van der Waals surface area contributed by atoms with Crippen LogP contribution in [-0.2, 0) is 4.79 Å². The zero-order valence-corrected chi connectivity index (χ0v) is 18.0. The third-order valence-corrected chi connectivity index (χ3v) is 6.04. The number of carbonyl (C=O) groups excluding carboxylic acids is 2. The van der Waals surface area contributed by atoms with Crippen molar-refractivity contribution in [2.45, 2.75) is 26.3 Å². The summed E-state index contributed by atoms with van der Waals surface area (Å²) in [6.45, 7) is 9.56. The van der Waals surface area contributed by atoms with Crippen molar-refractivity contribution in [1.82, 2.24) is 15.5 Å². The number of piperazine rings is 1. The summed E-state index contributed by atoms with van der Waals surface area (Å²) in [4.78, 5) is 29.7. The van der Waals surface area contributed by atoms with Gasteiger partial charge in [-0.2, -0.15) is 0 Å². The Kier molecular flexibility index (Phi) is 7.66. The molecule has 0 bridgehead atoms. The van der Waals surface area contributed by atoms with Gasteiger partial charge in [0.1, 0.15) is 6.04 Å². The standard InChI is InChI=1S/C22H30N4O2S/c1-17-6-3-7-19(16-17)26-13-11-25(12-14-26)10-5-9-23-21(27)18(2)24-22(28)20-8-4-15-29-20/h3-4,6-8,15-16,18H,5,9-14H2,1-2H3,(H,23,27)(H,24,28). The molecule has 3 rings (SSSR count). The van der Waals surface area contributed by atoms with Gasteiger partial charge in [0.25, 0.3) is 5.91 Å². The first kappa shape index (κ1) is 21.3. The Balaban J connectivity index is 1.30. The maximum Gasteiger partial charge on any atom is 0.261 e. The van der Waals surface area contributed by atoms with Crippen LogP contribution in [-0.4, -0.2) is 62.0 Å². The largest absolute Gasteiger partial charge is 0.369 e. The van der Waals surface area contributed by atoms with Crippen molar-refractivity contribution in [2.75, 3.05) is 44.2 Å². The highest BCUT2D eigenvalue weighted by atomic mass is 32.1. The number of amides is 2. The van der Waals surface area contributed by atoms with Gasteiger partial charge in [-0.25, -0.2) is 0 Å². The van der Waals surface area contributed by atoms with Gasteiger partial charge in [0, 0.05) is 38.4 Å². The fraction of sp³-hybridized carbons (Fsp3) is 0.455. The van der Waals surface area contributed by atoms with Gasteiger partial charge in [-0.15, -0.1) is 11.3 Å². The Morgan fingerprint density at radius 2 is 1.93 bits per heavy atom. The third-order valence-electron chi connectivity index (χ3n) is 5.18. The lowest BCUT2D eigenvalue weighted by molar-refractivity contribution is -0.122. The number of hydrogen-bond donors (Lipinski definition) is 2. The van der Waals surface area contributed by atoms with Gasteiger partial charge in [0.15, 0.2) is 0 Å². The third kappa shape index (κ3) is 6.30. The first-order valence-corrected chi connectivity index (χ1v) is 11.1. The molecule has 1 aliphatic rings. The molecule has 2 N–H and O–H groups in total. The van der Waals surface area contributed by atoms with Crippen LogP contribution in [0.1, 0.15) is 28.6 Å². The Labute approximate surface area is 176 Å². The Hall–Kier alpha value is -2.38. The molecule has 1 saturated heterocycles. The summed E-state index contributed by atoms with van der Waals surface area (Å²) in [5.74, 6) is -0.340. The molecule has 0 spiro atoms. The highest BCUT2D eigenvalue weighted by molar-refractivity contribution is 7.12. The average Bonchev–Trinajstić information content (AvgIpc) is 3.26. The van der Waals surface area contributed by atoms with Gasteiger partial charge in [-0.05, 0) is 56.0 Å². The van der Waals surface area contributed by atoms with Gasteiger partial charge in [-0.1, -0.05) is 18.2 Å². The molecule has 0 radical (unpaired) electrons. The molecule has 1 aliphatic heterocycles. The molecule has 1 fully saturated rings. The number of carbonyl (C=O) groups is 2. The molecule has 7 heteroatoms. The van der Waals surface area contributed by atoms with Crippen LogP contribution in [0.25, 0.3) is 0 Å². The van der Waals surface area contributed by atoms with Gasteiger partial charge in [0.2, 0.25) is 5.91 Å². The molecule has 1 unspecified atom stereocenters. The Morgan fingerprint density at radius 3 is 2.62 bits per heavy atom. The van der Waals surface area contributed by atoms with Crippen molar-refractivity contribution in [3.63, 3.8) is 0 Å². The van der Waals surface area contributed by atoms with E-state index in [0.29, 0.717) is 11.4 Å². The minimum Gasteiger partial charge on any atom is -0.369 e. The molecular formula is C22H30N4O2S. The van der Waals surface area contributed by atoms with Crippen molar-refractivity contribution in [3.05, 3.63) is 52.2 Å². The van der Waals surface area contributed by atoms with Gasteiger partial charge in [0.05, 0.1) is 4.88 Å². The second-order valence-corrected chi connectivity index (χ2v) is 8.43. The van der Waals surface area contributed by atoms with E-state index in [9.17, 15) is 9.59 Å². The molecule has 2 heterocycles. The highest BCUT2D eigenvalue weighted by Crippen LogP contribution is 2.17. The first-order chi connectivity index (χ1) is 14.0. The number of aryl methyl sites for hydroxylation is 1. The fourth-order valence-corrected chi connectivity index (χ4v) is 4.09. The Bertz CT molecular complexity index is 801. The van der Waals surface area contributed by atoms with Crippen molar-refractivity contribution in [3.8, 4) is 0 Å². The van der Waals surface area contributed by atoms with E-state index >= 15 is 0 Å². The average molecular weight is 415 g/mol. The van der Waals surface area contributed by atoms with Crippen molar-refractivity contribution < 1.29 is 9.59 Å². The molecule has 2 aromatic rings. The smallest absolute Gasteiger partial charge is 0.261 e. The predicted octanol–water partition coefficient (Wildman–Crippen LogP) is 2.50. The van der Waals surface area contributed by atoms with E-state index in [-0.39, 0.29) is 11.8 Å². The van der Waals surface area contributed by atoms with Crippen molar-refractivity contribution in [1.29, 1.82) is 0 Å². The number of thiophene rings is 1. The van der Waals surface area contributed by atoms with Crippen LogP contribution in [0.5, 0.6) is 0 Å². The number of hydrogen-bond acceptors (Lipinski definition) is 5. The summed E-state index contributed by atoms with van der Waals surface area (Å²) < 4.78 is 0. The maximum absolute atomic E-state index is 12.2. The molecule has 1 atom stereocenters. The second-order valence-electron chi connectivity index (χ2n) is 7.48. The minimum atomic E-state index is -0.539. The summed E-state index contributed by atoms with van der Waals surface area (Å²) in [5, 5.41) is 7.51. The van der Waals surface area contributed by atoms with E-state index in [1.165, 1.54) is 22.6 Å². The SMILES string of the molecule is Cc1cccc(N2CCN(CCCNC(=O)C(C)NC(=O)c3cccs3)CC2)c1. The summed E-state index contributed by atoms with van der Waals surface area (Å²) in [6.07, 6.45) is 0.905. The van der Waals surface area contributed by atoms with E-state index in [1.807, 2.05) is 11.4 Å². The number of nitrogens with zero attached hydrogens (tertiary/aromatic N) is 2. The molecule has 29 heavy (non-hydrogen) atoms. The summed E-state index contributed by atoms with van der Waals surface area (Å²) in [5.41, 5.74) is 2.59. The van der Waals surface area contributed by atoms with E-state index in [1.54, 1.807) is 13.0 Å². The normalized spacial score (nSPS) is 15.7. The quantitative estimate of drug-likeness (QED) is 0.652. The molecule has 156 valence electrons. The molecule has 6 nitrogen and oxygen atoms in total.